The summed E-state index contributed by atoms with van der Waals surface area (Å²) < 4.78 is 5.35. The van der Waals surface area contributed by atoms with Gasteiger partial charge >= 0.3 is 5.97 Å². The van der Waals surface area contributed by atoms with Crippen LogP contribution in [0.3, 0.4) is 0 Å². The van der Waals surface area contributed by atoms with E-state index in [-0.39, 0.29) is 29.9 Å². The zero-order valence-electron chi connectivity index (χ0n) is 15.6. The predicted octanol–water partition coefficient (Wildman–Crippen LogP) is 3.83. The van der Waals surface area contributed by atoms with Crippen molar-refractivity contribution in [3.05, 3.63) is 0 Å². The summed E-state index contributed by atoms with van der Waals surface area (Å²) >= 11 is 0. The number of hydrogen-bond donors (Lipinski definition) is 1. The number of rotatable bonds is 5. The summed E-state index contributed by atoms with van der Waals surface area (Å²) in [6.45, 7) is 2.17. The lowest BCUT2D eigenvalue weighted by atomic mass is 9.49. The fraction of sp³-hybridized carbons (Fsp3) is 0.905. The molecule has 5 fully saturated rings. The van der Waals surface area contributed by atoms with Crippen molar-refractivity contribution in [1.29, 1.82) is 0 Å². The zero-order chi connectivity index (χ0) is 17.4. The molecule has 4 nitrogen and oxygen atoms in total. The van der Waals surface area contributed by atoms with Gasteiger partial charge in [0.25, 0.3) is 5.91 Å². The molecule has 5 aliphatic rings. The van der Waals surface area contributed by atoms with Crippen molar-refractivity contribution in [2.75, 3.05) is 6.61 Å². The minimum atomic E-state index is -0.158. The number of carbonyl (C=O) groups is 2. The fourth-order valence-corrected chi connectivity index (χ4v) is 6.68. The minimum absolute atomic E-state index is 0.0999. The Bertz CT molecular complexity index is 486. The first kappa shape index (κ1) is 17.4. The normalized spacial score (nSPS) is 42.2. The largest absolute Gasteiger partial charge is 0.456 e. The summed E-state index contributed by atoms with van der Waals surface area (Å²) in [5.74, 6) is 3.02. The average Bonchev–Trinajstić information content (AvgIpc) is 2.53. The first-order valence-corrected chi connectivity index (χ1v) is 10.4. The molecule has 0 aromatic carbocycles. The van der Waals surface area contributed by atoms with Gasteiger partial charge in [-0.2, -0.15) is 0 Å². The second kappa shape index (κ2) is 6.92. The second-order valence-corrected chi connectivity index (χ2v) is 9.78. The van der Waals surface area contributed by atoms with E-state index in [1.54, 1.807) is 0 Å². The van der Waals surface area contributed by atoms with Crippen LogP contribution in [0.15, 0.2) is 0 Å². The van der Waals surface area contributed by atoms with E-state index < -0.39 is 0 Å². The standard InChI is InChI=1S/C21H33NO3/c1-14-2-4-18(5-3-14)22-19(23)13-25-20(24)12-21-9-15-6-16(10-21)8-17(7-15)11-21/h14-18H,2-13H2,1H3,(H,22,23). The van der Waals surface area contributed by atoms with Gasteiger partial charge in [-0.3, -0.25) is 9.59 Å². The van der Waals surface area contributed by atoms with Crippen LogP contribution in [0.4, 0.5) is 0 Å². The van der Waals surface area contributed by atoms with Crippen molar-refractivity contribution in [2.24, 2.45) is 29.1 Å². The molecule has 1 N–H and O–H groups in total. The minimum Gasteiger partial charge on any atom is -0.456 e. The van der Waals surface area contributed by atoms with Gasteiger partial charge in [0, 0.05) is 6.04 Å². The molecule has 0 unspecified atom stereocenters. The average molecular weight is 347 g/mol. The molecular formula is C21H33NO3. The summed E-state index contributed by atoms with van der Waals surface area (Å²) in [5.41, 5.74) is 0.196. The fourth-order valence-electron chi connectivity index (χ4n) is 6.68. The third-order valence-corrected chi connectivity index (χ3v) is 7.43. The Morgan fingerprint density at radius 2 is 1.52 bits per heavy atom. The molecule has 5 aliphatic carbocycles. The Hall–Kier alpha value is -1.06. The van der Waals surface area contributed by atoms with Crippen molar-refractivity contribution >= 4 is 11.9 Å². The van der Waals surface area contributed by atoms with Gasteiger partial charge in [0.1, 0.15) is 0 Å². The van der Waals surface area contributed by atoms with E-state index in [0.717, 1.165) is 36.5 Å². The highest BCUT2D eigenvalue weighted by Crippen LogP contribution is 2.61. The highest BCUT2D eigenvalue weighted by molar-refractivity contribution is 5.80. The molecule has 1 amide bonds. The van der Waals surface area contributed by atoms with Gasteiger partial charge in [0.05, 0.1) is 6.42 Å². The summed E-state index contributed by atoms with van der Waals surface area (Å²) in [4.78, 5) is 24.4. The maximum Gasteiger partial charge on any atom is 0.306 e. The number of carbonyl (C=O) groups excluding carboxylic acids is 2. The Morgan fingerprint density at radius 3 is 2.08 bits per heavy atom. The highest BCUT2D eigenvalue weighted by atomic mass is 16.5. The SMILES string of the molecule is CC1CCC(NC(=O)COC(=O)CC23CC4CC(CC(C4)C2)C3)CC1. The van der Waals surface area contributed by atoms with E-state index in [2.05, 4.69) is 12.2 Å². The summed E-state index contributed by atoms with van der Waals surface area (Å²) in [5, 5.41) is 3.04. The number of hydrogen-bond acceptors (Lipinski definition) is 3. The third-order valence-electron chi connectivity index (χ3n) is 7.43. The lowest BCUT2D eigenvalue weighted by Crippen LogP contribution is -2.47. The van der Waals surface area contributed by atoms with E-state index in [1.165, 1.54) is 51.4 Å². The molecule has 140 valence electrons. The molecule has 4 bridgehead atoms. The van der Waals surface area contributed by atoms with Crippen molar-refractivity contribution in [3.63, 3.8) is 0 Å². The Labute approximate surface area is 151 Å². The van der Waals surface area contributed by atoms with Crippen molar-refractivity contribution < 1.29 is 14.3 Å². The molecule has 0 spiro atoms. The zero-order valence-corrected chi connectivity index (χ0v) is 15.6. The van der Waals surface area contributed by atoms with Crippen LogP contribution in [0.25, 0.3) is 0 Å². The van der Waals surface area contributed by atoms with Crippen LogP contribution >= 0.6 is 0 Å². The van der Waals surface area contributed by atoms with Gasteiger partial charge in [0.15, 0.2) is 6.61 Å². The lowest BCUT2D eigenvalue weighted by Gasteiger charge is -2.56. The van der Waals surface area contributed by atoms with E-state index in [1.807, 2.05) is 0 Å². The van der Waals surface area contributed by atoms with Crippen LogP contribution < -0.4 is 5.32 Å². The summed E-state index contributed by atoms with van der Waals surface area (Å²) in [7, 11) is 0. The van der Waals surface area contributed by atoms with Crippen LogP contribution in [0, 0.1) is 29.1 Å². The van der Waals surface area contributed by atoms with Crippen LogP contribution in [-0.4, -0.2) is 24.5 Å². The van der Waals surface area contributed by atoms with Gasteiger partial charge in [-0.25, -0.2) is 0 Å². The molecule has 0 heterocycles. The highest BCUT2D eigenvalue weighted by Gasteiger charge is 2.51. The van der Waals surface area contributed by atoms with E-state index in [4.69, 9.17) is 4.74 Å². The van der Waals surface area contributed by atoms with Crippen LogP contribution in [-0.2, 0) is 14.3 Å². The van der Waals surface area contributed by atoms with E-state index >= 15 is 0 Å². The molecule has 0 saturated heterocycles. The maximum absolute atomic E-state index is 12.4. The van der Waals surface area contributed by atoms with E-state index in [9.17, 15) is 9.59 Å². The summed E-state index contributed by atoms with van der Waals surface area (Å²) in [6.07, 6.45) is 12.8. The first-order chi connectivity index (χ1) is 12.0. The van der Waals surface area contributed by atoms with Crippen molar-refractivity contribution in [3.8, 4) is 0 Å². The van der Waals surface area contributed by atoms with Gasteiger partial charge in [-0.15, -0.1) is 0 Å². The molecule has 25 heavy (non-hydrogen) atoms. The number of esters is 1. The molecule has 0 radical (unpaired) electrons. The Balaban J connectivity index is 1.21. The quantitative estimate of drug-likeness (QED) is 0.769. The number of nitrogens with one attached hydrogen (secondary N) is 1. The Kier molecular flexibility index (Phi) is 4.81. The van der Waals surface area contributed by atoms with Crippen molar-refractivity contribution in [2.45, 2.75) is 83.6 Å². The summed E-state index contributed by atoms with van der Waals surface area (Å²) in [6, 6.07) is 0.269. The Morgan fingerprint density at radius 1 is 0.960 bits per heavy atom. The molecule has 5 rings (SSSR count). The predicted molar refractivity (Wildman–Crippen MR) is 95.7 cm³/mol. The van der Waals surface area contributed by atoms with Crippen LogP contribution in [0.2, 0.25) is 0 Å². The topological polar surface area (TPSA) is 55.4 Å². The molecular weight excluding hydrogens is 314 g/mol. The van der Waals surface area contributed by atoms with Crippen molar-refractivity contribution in [1.82, 2.24) is 5.32 Å². The molecule has 0 aliphatic heterocycles. The number of amides is 1. The molecule has 0 atom stereocenters. The second-order valence-electron chi connectivity index (χ2n) is 9.78. The van der Waals surface area contributed by atoms with Gasteiger partial charge in [0.2, 0.25) is 0 Å². The maximum atomic E-state index is 12.4. The van der Waals surface area contributed by atoms with Crippen LogP contribution in [0.1, 0.15) is 77.6 Å². The lowest BCUT2D eigenvalue weighted by molar-refractivity contribution is -0.155. The van der Waals surface area contributed by atoms with E-state index in [0.29, 0.717) is 6.42 Å². The van der Waals surface area contributed by atoms with Gasteiger partial charge < -0.3 is 10.1 Å². The number of ether oxygens (including phenoxy) is 1. The molecule has 5 saturated carbocycles. The monoisotopic (exact) mass is 347 g/mol. The molecule has 4 heteroatoms. The van der Waals surface area contributed by atoms with Gasteiger partial charge in [-0.1, -0.05) is 6.92 Å². The first-order valence-electron chi connectivity index (χ1n) is 10.4. The smallest absolute Gasteiger partial charge is 0.306 e. The molecule has 0 aromatic rings. The van der Waals surface area contributed by atoms with Crippen LogP contribution in [0.5, 0.6) is 0 Å². The van der Waals surface area contributed by atoms with Gasteiger partial charge in [-0.05, 0) is 93.3 Å². The molecule has 0 aromatic heterocycles. The third kappa shape index (κ3) is 4.03.